The summed E-state index contributed by atoms with van der Waals surface area (Å²) in [5.74, 6) is -1.41. The molecular weight excluding hydrogens is 308 g/mol. The largest absolute Gasteiger partial charge is 0.480 e. The SMILES string of the molecule is CC(C)CC(=O)N1Cc2ccccc2CC1C(=O)NC(C)C(=O)O. The Morgan fingerprint density at radius 2 is 1.83 bits per heavy atom. The van der Waals surface area contributed by atoms with Crippen molar-refractivity contribution >= 4 is 17.8 Å². The highest BCUT2D eigenvalue weighted by atomic mass is 16.4. The van der Waals surface area contributed by atoms with Gasteiger partial charge in [0.05, 0.1) is 0 Å². The van der Waals surface area contributed by atoms with Crippen LogP contribution in [0.3, 0.4) is 0 Å². The van der Waals surface area contributed by atoms with Crippen LogP contribution in [-0.2, 0) is 27.3 Å². The van der Waals surface area contributed by atoms with Crippen LogP contribution in [0.5, 0.6) is 0 Å². The highest BCUT2D eigenvalue weighted by Crippen LogP contribution is 2.25. The number of carbonyl (C=O) groups excluding carboxylic acids is 2. The first-order valence-corrected chi connectivity index (χ1v) is 8.19. The summed E-state index contributed by atoms with van der Waals surface area (Å²) >= 11 is 0. The van der Waals surface area contributed by atoms with E-state index in [-0.39, 0.29) is 11.8 Å². The van der Waals surface area contributed by atoms with Crippen LogP contribution in [-0.4, -0.2) is 39.9 Å². The number of benzene rings is 1. The molecule has 2 atom stereocenters. The second-order valence-electron chi connectivity index (χ2n) is 6.68. The lowest BCUT2D eigenvalue weighted by molar-refractivity contribution is -0.145. The Kier molecular flexibility index (Phi) is 5.59. The maximum atomic E-state index is 12.6. The third-order valence-electron chi connectivity index (χ3n) is 4.18. The first kappa shape index (κ1) is 18.0. The Morgan fingerprint density at radius 3 is 2.42 bits per heavy atom. The molecule has 6 nitrogen and oxygen atoms in total. The number of nitrogens with one attached hydrogen (secondary N) is 1. The summed E-state index contributed by atoms with van der Waals surface area (Å²) in [6.45, 7) is 5.70. The fourth-order valence-electron chi connectivity index (χ4n) is 2.86. The van der Waals surface area contributed by atoms with E-state index in [1.54, 1.807) is 4.90 Å². The number of amides is 2. The molecule has 0 spiro atoms. The molecule has 1 aromatic carbocycles. The van der Waals surface area contributed by atoms with E-state index in [1.807, 2.05) is 38.1 Å². The maximum absolute atomic E-state index is 12.6. The van der Waals surface area contributed by atoms with E-state index in [0.29, 0.717) is 19.4 Å². The van der Waals surface area contributed by atoms with Crippen LogP contribution in [0.1, 0.15) is 38.3 Å². The van der Waals surface area contributed by atoms with Crippen molar-refractivity contribution in [3.63, 3.8) is 0 Å². The topological polar surface area (TPSA) is 86.7 Å². The molecule has 6 heteroatoms. The second-order valence-corrected chi connectivity index (χ2v) is 6.68. The number of carboxylic acids is 1. The zero-order chi connectivity index (χ0) is 17.9. The molecule has 0 saturated heterocycles. The average molecular weight is 332 g/mol. The molecule has 2 rings (SSSR count). The monoisotopic (exact) mass is 332 g/mol. The number of nitrogens with zero attached hydrogens (tertiary/aromatic N) is 1. The minimum absolute atomic E-state index is 0.0809. The van der Waals surface area contributed by atoms with Crippen LogP contribution in [0.25, 0.3) is 0 Å². The molecule has 2 N–H and O–H groups in total. The summed E-state index contributed by atoms with van der Waals surface area (Å²) in [6, 6.07) is 6.06. The summed E-state index contributed by atoms with van der Waals surface area (Å²) in [6.07, 6.45) is 0.763. The Labute approximate surface area is 141 Å². The van der Waals surface area contributed by atoms with Crippen molar-refractivity contribution in [2.45, 2.75) is 52.2 Å². The van der Waals surface area contributed by atoms with Gasteiger partial charge < -0.3 is 15.3 Å². The second kappa shape index (κ2) is 7.47. The van der Waals surface area contributed by atoms with E-state index in [9.17, 15) is 14.4 Å². The van der Waals surface area contributed by atoms with Crippen molar-refractivity contribution in [2.24, 2.45) is 5.92 Å². The van der Waals surface area contributed by atoms with Crippen LogP contribution in [0.15, 0.2) is 24.3 Å². The van der Waals surface area contributed by atoms with Gasteiger partial charge in [0.25, 0.3) is 0 Å². The standard InChI is InChI=1S/C18H24N2O4/c1-11(2)8-16(21)20-10-14-7-5-4-6-13(14)9-15(20)17(22)19-12(3)18(23)24/h4-7,11-12,15H,8-10H2,1-3H3,(H,19,22)(H,23,24). The third-order valence-corrected chi connectivity index (χ3v) is 4.18. The van der Waals surface area contributed by atoms with E-state index in [0.717, 1.165) is 11.1 Å². The molecule has 1 aromatic rings. The van der Waals surface area contributed by atoms with Gasteiger partial charge in [-0.2, -0.15) is 0 Å². The minimum Gasteiger partial charge on any atom is -0.480 e. The zero-order valence-corrected chi connectivity index (χ0v) is 14.3. The van der Waals surface area contributed by atoms with Gasteiger partial charge in [-0.15, -0.1) is 0 Å². The fourth-order valence-corrected chi connectivity index (χ4v) is 2.86. The molecule has 130 valence electrons. The number of carbonyl (C=O) groups is 3. The number of aliphatic carboxylic acids is 1. The van der Waals surface area contributed by atoms with Crippen LogP contribution in [0, 0.1) is 5.92 Å². The van der Waals surface area contributed by atoms with Gasteiger partial charge in [-0.1, -0.05) is 38.1 Å². The van der Waals surface area contributed by atoms with Gasteiger partial charge in [0.1, 0.15) is 12.1 Å². The number of rotatable bonds is 5. The van der Waals surface area contributed by atoms with Crippen molar-refractivity contribution in [2.75, 3.05) is 0 Å². The maximum Gasteiger partial charge on any atom is 0.325 e. The lowest BCUT2D eigenvalue weighted by Crippen LogP contribution is -2.55. The third kappa shape index (κ3) is 4.13. The Hall–Kier alpha value is -2.37. The molecular formula is C18H24N2O4. The zero-order valence-electron chi connectivity index (χ0n) is 14.3. The van der Waals surface area contributed by atoms with Gasteiger partial charge in [0, 0.05) is 19.4 Å². The predicted octanol–water partition coefficient (Wildman–Crippen LogP) is 1.58. The van der Waals surface area contributed by atoms with Gasteiger partial charge in [-0.05, 0) is 24.0 Å². The van der Waals surface area contributed by atoms with E-state index in [4.69, 9.17) is 5.11 Å². The smallest absolute Gasteiger partial charge is 0.325 e. The minimum atomic E-state index is -1.10. The number of fused-ring (bicyclic) bond motifs is 1. The Morgan fingerprint density at radius 1 is 1.21 bits per heavy atom. The van der Waals surface area contributed by atoms with E-state index in [2.05, 4.69) is 5.32 Å². The molecule has 0 radical (unpaired) electrons. The predicted molar refractivity (Wildman–Crippen MR) is 89.2 cm³/mol. The van der Waals surface area contributed by atoms with Crippen LogP contribution in [0.4, 0.5) is 0 Å². The summed E-state index contributed by atoms with van der Waals surface area (Å²) < 4.78 is 0. The van der Waals surface area contributed by atoms with Crippen molar-refractivity contribution < 1.29 is 19.5 Å². The van der Waals surface area contributed by atoms with Crippen molar-refractivity contribution in [1.29, 1.82) is 0 Å². The van der Waals surface area contributed by atoms with Crippen LogP contribution in [0.2, 0.25) is 0 Å². The molecule has 0 aliphatic carbocycles. The molecule has 1 aliphatic heterocycles. The molecule has 0 fully saturated rings. The number of carboxylic acid groups (broad SMARTS) is 1. The first-order valence-electron chi connectivity index (χ1n) is 8.19. The van der Waals surface area contributed by atoms with E-state index < -0.39 is 24.0 Å². The van der Waals surface area contributed by atoms with Gasteiger partial charge in [-0.25, -0.2) is 0 Å². The Balaban J connectivity index is 2.25. The number of hydrogen-bond acceptors (Lipinski definition) is 3. The van der Waals surface area contributed by atoms with Gasteiger partial charge in [0.15, 0.2) is 0 Å². The normalized spacial score (nSPS) is 18.0. The Bertz CT molecular complexity index is 642. The molecule has 0 aromatic heterocycles. The van der Waals surface area contributed by atoms with Crippen molar-refractivity contribution in [3.8, 4) is 0 Å². The molecule has 1 heterocycles. The summed E-state index contributed by atoms with van der Waals surface area (Å²) in [4.78, 5) is 37.7. The van der Waals surface area contributed by atoms with Crippen LogP contribution < -0.4 is 5.32 Å². The highest BCUT2D eigenvalue weighted by molar-refractivity contribution is 5.91. The molecule has 0 saturated carbocycles. The average Bonchev–Trinajstić information content (AvgIpc) is 2.52. The van der Waals surface area contributed by atoms with Gasteiger partial charge >= 0.3 is 5.97 Å². The van der Waals surface area contributed by atoms with Crippen molar-refractivity contribution in [1.82, 2.24) is 10.2 Å². The van der Waals surface area contributed by atoms with E-state index >= 15 is 0 Å². The fraction of sp³-hybridized carbons (Fsp3) is 0.500. The molecule has 0 bridgehead atoms. The van der Waals surface area contributed by atoms with Crippen molar-refractivity contribution in [3.05, 3.63) is 35.4 Å². The lowest BCUT2D eigenvalue weighted by Gasteiger charge is -2.36. The lowest BCUT2D eigenvalue weighted by atomic mass is 9.92. The molecule has 2 unspecified atom stereocenters. The van der Waals surface area contributed by atoms with Crippen LogP contribution >= 0.6 is 0 Å². The van der Waals surface area contributed by atoms with Gasteiger partial charge in [0.2, 0.25) is 11.8 Å². The molecule has 2 amide bonds. The van der Waals surface area contributed by atoms with Gasteiger partial charge in [-0.3, -0.25) is 14.4 Å². The first-order chi connectivity index (χ1) is 11.3. The molecule has 24 heavy (non-hydrogen) atoms. The summed E-state index contributed by atoms with van der Waals surface area (Å²) in [7, 11) is 0. The quantitative estimate of drug-likeness (QED) is 0.857. The van der Waals surface area contributed by atoms with E-state index in [1.165, 1.54) is 6.92 Å². The summed E-state index contributed by atoms with van der Waals surface area (Å²) in [5.41, 5.74) is 2.05. The highest BCUT2D eigenvalue weighted by Gasteiger charge is 2.35. The molecule has 1 aliphatic rings. The number of hydrogen-bond donors (Lipinski definition) is 2. The summed E-state index contributed by atoms with van der Waals surface area (Å²) in [5, 5.41) is 11.5.